The van der Waals surface area contributed by atoms with Gasteiger partial charge in [-0.15, -0.1) is 0 Å². The molecule has 0 unspecified atom stereocenters. The molecule has 0 saturated carbocycles. The normalized spacial score (nSPS) is 10.7. The lowest BCUT2D eigenvalue weighted by molar-refractivity contribution is 0.102. The van der Waals surface area contributed by atoms with Crippen LogP contribution in [0.5, 0.6) is 0 Å². The third-order valence-electron chi connectivity index (χ3n) is 4.53. The van der Waals surface area contributed by atoms with E-state index < -0.39 is 0 Å². The maximum atomic E-state index is 12.9. The average molecular weight is 353 g/mol. The Bertz CT molecular complexity index is 1090. The van der Waals surface area contributed by atoms with Gasteiger partial charge in [0.2, 0.25) is 0 Å². The number of aryl methyl sites for hydroxylation is 1. The molecule has 4 heteroatoms. The minimum absolute atomic E-state index is 0.196. The fourth-order valence-corrected chi connectivity index (χ4v) is 3.04. The summed E-state index contributed by atoms with van der Waals surface area (Å²) in [5, 5.41) is 3.69. The van der Waals surface area contributed by atoms with E-state index in [0.717, 1.165) is 28.6 Å². The highest BCUT2D eigenvalue weighted by Crippen LogP contribution is 2.26. The van der Waals surface area contributed by atoms with Crippen molar-refractivity contribution in [1.82, 2.24) is 9.97 Å². The second-order valence-electron chi connectivity index (χ2n) is 6.29. The molecule has 4 aromatic rings. The molecule has 0 saturated heterocycles. The molecular formula is C23H19N3O. The molecule has 4 rings (SSSR count). The Labute approximate surface area is 157 Å². The summed E-state index contributed by atoms with van der Waals surface area (Å²) in [6, 6.07) is 23.3. The van der Waals surface area contributed by atoms with Crippen molar-refractivity contribution < 1.29 is 4.79 Å². The Morgan fingerprint density at radius 2 is 1.74 bits per heavy atom. The predicted molar refractivity (Wildman–Crippen MR) is 109 cm³/mol. The molecule has 1 N–H and O–H groups in total. The molecule has 132 valence electrons. The van der Waals surface area contributed by atoms with Gasteiger partial charge in [0, 0.05) is 17.1 Å². The Morgan fingerprint density at radius 1 is 0.963 bits per heavy atom. The molecule has 0 bridgehead atoms. The number of fused-ring (bicyclic) bond motifs is 1. The fraction of sp³-hybridized carbons (Fsp3) is 0.0870. The SMILES string of the molecule is CCc1ccc(-c2cc(C(=O)Nc3ccccn3)c3ccccc3n2)cc1. The van der Waals surface area contributed by atoms with E-state index in [4.69, 9.17) is 4.98 Å². The lowest BCUT2D eigenvalue weighted by atomic mass is 10.0. The van der Waals surface area contributed by atoms with Gasteiger partial charge in [0.15, 0.2) is 0 Å². The number of pyridine rings is 2. The standard InChI is InChI=1S/C23H19N3O/c1-2-16-10-12-17(13-11-16)21-15-19(18-7-3-4-8-20(18)25-21)23(27)26-22-9-5-6-14-24-22/h3-15H,2H2,1H3,(H,24,26,27). The van der Waals surface area contributed by atoms with Gasteiger partial charge in [-0.05, 0) is 36.2 Å². The van der Waals surface area contributed by atoms with Gasteiger partial charge in [-0.25, -0.2) is 9.97 Å². The molecule has 1 amide bonds. The number of rotatable bonds is 4. The molecule has 2 aromatic carbocycles. The van der Waals surface area contributed by atoms with Gasteiger partial charge < -0.3 is 5.32 Å². The third-order valence-corrected chi connectivity index (χ3v) is 4.53. The summed E-state index contributed by atoms with van der Waals surface area (Å²) in [7, 11) is 0. The van der Waals surface area contributed by atoms with Crippen LogP contribution in [0.4, 0.5) is 5.82 Å². The number of hydrogen-bond donors (Lipinski definition) is 1. The van der Waals surface area contributed by atoms with Crippen LogP contribution < -0.4 is 5.32 Å². The molecule has 0 fully saturated rings. The van der Waals surface area contributed by atoms with Crippen LogP contribution in [0.25, 0.3) is 22.2 Å². The van der Waals surface area contributed by atoms with E-state index in [2.05, 4.69) is 41.5 Å². The van der Waals surface area contributed by atoms with E-state index in [9.17, 15) is 4.79 Å². The van der Waals surface area contributed by atoms with Crippen LogP contribution in [-0.4, -0.2) is 15.9 Å². The van der Waals surface area contributed by atoms with Crippen LogP contribution >= 0.6 is 0 Å². The van der Waals surface area contributed by atoms with Gasteiger partial charge in [-0.3, -0.25) is 4.79 Å². The Hall–Kier alpha value is -3.53. The second kappa shape index (κ2) is 7.38. The van der Waals surface area contributed by atoms with Crippen LogP contribution in [-0.2, 0) is 6.42 Å². The van der Waals surface area contributed by atoms with E-state index in [1.54, 1.807) is 12.3 Å². The average Bonchev–Trinajstić information content (AvgIpc) is 2.73. The van der Waals surface area contributed by atoms with Crippen LogP contribution in [0.3, 0.4) is 0 Å². The summed E-state index contributed by atoms with van der Waals surface area (Å²) in [6.07, 6.45) is 2.64. The first kappa shape index (κ1) is 16.9. The van der Waals surface area contributed by atoms with Crippen molar-refractivity contribution in [1.29, 1.82) is 0 Å². The zero-order chi connectivity index (χ0) is 18.6. The Morgan fingerprint density at radius 3 is 2.48 bits per heavy atom. The lowest BCUT2D eigenvalue weighted by Gasteiger charge is -2.10. The maximum Gasteiger partial charge on any atom is 0.257 e. The first-order valence-electron chi connectivity index (χ1n) is 8.96. The van der Waals surface area contributed by atoms with Gasteiger partial charge in [-0.2, -0.15) is 0 Å². The largest absolute Gasteiger partial charge is 0.307 e. The summed E-state index contributed by atoms with van der Waals surface area (Å²) < 4.78 is 0. The van der Waals surface area contributed by atoms with Gasteiger partial charge in [0.1, 0.15) is 5.82 Å². The quantitative estimate of drug-likeness (QED) is 0.554. The molecular weight excluding hydrogens is 334 g/mol. The molecule has 0 atom stereocenters. The number of nitrogens with one attached hydrogen (secondary N) is 1. The van der Waals surface area contributed by atoms with Crippen LogP contribution in [0.2, 0.25) is 0 Å². The van der Waals surface area contributed by atoms with E-state index in [1.807, 2.05) is 42.5 Å². The Kier molecular flexibility index (Phi) is 4.62. The summed E-state index contributed by atoms with van der Waals surface area (Å²) in [6.45, 7) is 2.13. The number of anilines is 1. The van der Waals surface area contributed by atoms with Crippen molar-refractivity contribution >= 4 is 22.6 Å². The molecule has 2 heterocycles. The van der Waals surface area contributed by atoms with Crippen molar-refractivity contribution in [3.63, 3.8) is 0 Å². The summed E-state index contributed by atoms with van der Waals surface area (Å²) in [4.78, 5) is 21.9. The van der Waals surface area contributed by atoms with E-state index in [0.29, 0.717) is 11.4 Å². The maximum absolute atomic E-state index is 12.9. The van der Waals surface area contributed by atoms with E-state index in [1.165, 1.54) is 5.56 Å². The summed E-state index contributed by atoms with van der Waals surface area (Å²) >= 11 is 0. The summed E-state index contributed by atoms with van der Waals surface area (Å²) in [5.41, 5.74) is 4.42. The molecule has 0 spiro atoms. The molecule has 0 radical (unpaired) electrons. The van der Waals surface area contributed by atoms with Gasteiger partial charge in [0.25, 0.3) is 5.91 Å². The Balaban J connectivity index is 1.79. The molecule has 0 aliphatic carbocycles. The molecule has 4 nitrogen and oxygen atoms in total. The minimum atomic E-state index is -0.196. The van der Waals surface area contributed by atoms with Crippen molar-refractivity contribution in [2.24, 2.45) is 0 Å². The highest BCUT2D eigenvalue weighted by Gasteiger charge is 2.14. The van der Waals surface area contributed by atoms with Gasteiger partial charge in [0.05, 0.1) is 16.8 Å². The summed E-state index contributed by atoms with van der Waals surface area (Å²) in [5.74, 6) is 0.330. The van der Waals surface area contributed by atoms with Crippen molar-refractivity contribution in [3.8, 4) is 11.3 Å². The molecule has 27 heavy (non-hydrogen) atoms. The molecule has 0 aliphatic rings. The van der Waals surface area contributed by atoms with Crippen LogP contribution in [0, 0.1) is 0 Å². The minimum Gasteiger partial charge on any atom is -0.307 e. The van der Waals surface area contributed by atoms with Gasteiger partial charge in [-0.1, -0.05) is 55.5 Å². The van der Waals surface area contributed by atoms with Crippen LogP contribution in [0.1, 0.15) is 22.8 Å². The monoisotopic (exact) mass is 353 g/mol. The predicted octanol–water partition coefficient (Wildman–Crippen LogP) is 5.11. The topological polar surface area (TPSA) is 54.9 Å². The van der Waals surface area contributed by atoms with Gasteiger partial charge >= 0.3 is 0 Å². The number of carbonyl (C=O) groups excluding carboxylic acids is 1. The number of aromatic nitrogens is 2. The third kappa shape index (κ3) is 3.55. The van der Waals surface area contributed by atoms with Crippen LogP contribution in [0.15, 0.2) is 79.0 Å². The first-order chi connectivity index (χ1) is 13.2. The number of amides is 1. The zero-order valence-electron chi connectivity index (χ0n) is 15.0. The zero-order valence-corrected chi connectivity index (χ0v) is 15.0. The van der Waals surface area contributed by atoms with Crippen molar-refractivity contribution in [2.75, 3.05) is 5.32 Å². The smallest absolute Gasteiger partial charge is 0.257 e. The van der Waals surface area contributed by atoms with Crippen molar-refractivity contribution in [3.05, 3.63) is 90.1 Å². The van der Waals surface area contributed by atoms with Crippen molar-refractivity contribution in [2.45, 2.75) is 13.3 Å². The second-order valence-corrected chi connectivity index (χ2v) is 6.29. The molecule has 2 aromatic heterocycles. The lowest BCUT2D eigenvalue weighted by Crippen LogP contribution is -2.14. The van der Waals surface area contributed by atoms with E-state index in [-0.39, 0.29) is 5.91 Å². The van der Waals surface area contributed by atoms with E-state index >= 15 is 0 Å². The fourth-order valence-electron chi connectivity index (χ4n) is 3.04. The first-order valence-corrected chi connectivity index (χ1v) is 8.96. The highest BCUT2D eigenvalue weighted by atomic mass is 16.1. The number of carbonyl (C=O) groups is 1. The number of nitrogens with zero attached hydrogens (tertiary/aromatic N) is 2. The number of benzene rings is 2. The molecule has 0 aliphatic heterocycles. The number of hydrogen-bond acceptors (Lipinski definition) is 3. The highest BCUT2D eigenvalue weighted by molar-refractivity contribution is 6.12. The number of para-hydroxylation sites is 1.